The van der Waals surface area contributed by atoms with Crippen molar-refractivity contribution in [2.45, 2.75) is 144 Å². The van der Waals surface area contributed by atoms with E-state index >= 15 is 0 Å². The Bertz CT molecular complexity index is 3930. The first-order valence-electron chi connectivity index (χ1n) is 34.3. The molecule has 3 heterocycles. The van der Waals surface area contributed by atoms with Gasteiger partial charge < -0.3 is 28.1 Å². The minimum atomic E-state index is -0.379. The van der Waals surface area contributed by atoms with E-state index in [4.69, 9.17) is 31.2 Å². The van der Waals surface area contributed by atoms with E-state index < -0.39 is 0 Å². The van der Waals surface area contributed by atoms with Gasteiger partial charge in [-0.05, 0) is 205 Å². The third kappa shape index (κ3) is 12.9. The maximum atomic E-state index is 14.9. The van der Waals surface area contributed by atoms with Crippen molar-refractivity contribution in [3.05, 3.63) is 174 Å². The molecule has 0 radical (unpaired) electrons. The lowest BCUT2D eigenvalue weighted by atomic mass is 9.92. The maximum Gasteiger partial charge on any atom is 0.266 e. The van der Waals surface area contributed by atoms with Crippen LogP contribution >= 0.6 is 12.2 Å². The first-order valence-corrected chi connectivity index (χ1v) is 34.7. The summed E-state index contributed by atoms with van der Waals surface area (Å²) in [6.45, 7) is 16.2. The van der Waals surface area contributed by atoms with Crippen LogP contribution in [-0.2, 0) is 9.59 Å². The number of unbranched alkanes of at least 4 members (excludes halogenated alkanes) is 12. The average Bonchev–Trinajstić information content (AvgIpc) is 1.57. The number of likely N-dealkylation sites (N-methyl/N-ethyl adjacent to an activating group) is 2. The summed E-state index contributed by atoms with van der Waals surface area (Å²) >= 11 is 5.83. The fraction of sp³-hybridized carbons (Fsp3) is 0.346. The molecule has 12 rings (SSSR count). The van der Waals surface area contributed by atoms with E-state index in [1.165, 1.54) is 51.4 Å². The molecule has 1 aliphatic heterocycles. The second-order valence-corrected chi connectivity index (χ2v) is 25.1. The van der Waals surface area contributed by atoms with Gasteiger partial charge in [0, 0.05) is 51.6 Å². The number of nitrogens with zero attached hydrogens (tertiary/aromatic N) is 4. The lowest BCUT2D eigenvalue weighted by Gasteiger charge is -2.36. The smallest absolute Gasteiger partial charge is 0.266 e. The van der Waals surface area contributed by atoms with Crippen LogP contribution in [0.1, 0.15) is 155 Å². The van der Waals surface area contributed by atoms with Crippen LogP contribution in [0.5, 0.6) is 23.0 Å². The molecule has 0 spiro atoms. The van der Waals surface area contributed by atoms with Crippen molar-refractivity contribution in [1.82, 2.24) is 18.9 Å². The Hall–Kier alpha value is -8.67. The molecule has 2 aliphatic rings. The van der Waals surface area contributed by atoms with Gasteiger partial charge in [0.25, 0.3) is 11.8 Å². The first-order chi connectivity index (χ1) is 45.2. The molecule has 0 atom stereocenters. The van der Waals surface area contributed by atoms with Gasteiger partial charge in [-0.1, -0.05) is 153 Å². The van der Waals surface area contributed by atoms with E-state index in [-0.39, 0.29) is 22.5 Å². The van der Waals surface area contributed by atoms with Crippen molar-refractivity contribution in [3.63, 3.8) is 0 Å². The molecule has 1 aliphatic carbocycles. The Kier molecular flexibility index (Phi) is 20.2. The van der Waals surface area contributed by atoms with Gasteiger partial charge in [0.15, 0.2) is 5.11 Å². The molecule has 10 nitrogen and oxygen atoms in total. The van der Waals surface area contributed by atoms with Crippen LogP contribution in [0.25, 0.3) is 93.9 Å². The number of benzene rings is 8. The van der Waals surface area contributed by atoms with Gasteiger partial charge in [-0.3, -0.25) is 19.4 Å². The lowest BCUT2D eigenvalue weighted by molar-refractivity contribution is -0.133. The quantitative estimate of drug-likeness (QED) is 0.0192. The highest BCUT2D eigenvalue weighted by molar-refractivity contribution is 7.80. The molecule has 0 N–H and O–H groups in total. The fourth-order valence-electron chi connectivity index (χ4n) is 13.6. The van der Waals surface area contributed by atoms with Crippen molar-refractivity contribution < 1.29 is 28.5 Å². The molecule has 0 saturated carbocycles. The maximum absolute atomic E-state index is 14.9. The van der Waals surface area contributed by atoms with Gasteiger partial charge in [0.1, 0.15) is 28.6 Å². The predicted molar refractivity (Wildman–Crippen MR) is 383 cm³/mol. The summed E-state index contributed by atoms with van der Waals surface area (Å²) in [6, 6.07) is 56.2. The van der Waals surface area contributed by atoms with Crippen molar-refractivity contribution in [1.29, 1.82) is 0 Å². The molecular weight excluding hydrogens is 1160 g/mol. The molecule has 92 heavy (non-hydrogen) atoms. The Morgan fingerprint density at radius 1 is 0.315 bits per heavy atom. The van der Waals surface area contributed by atoms with Crippen molar-refractivity contribution >= 4 is 78.3 Å². The SMILES string of the molecule is CCCCCCOc1ccc2c(c1)c1cc(OCCCCCC)ccc1n2-c1ccc(-c2ccc3c(c2)C(=C2C(=O)N(CC)C(=S)N(CC)C2=O)c2cc(-c4ccc(-n5c6ccc(OCCCCCC)cc6c6cc(OCCCCCC)ccc65)cc4)ccc2-3)cc1. The molecule has 11 heteroatoms. The monoisotopic (exact) mass is 1240 g/mol. The molecule has 8 aromatic carbocycles. The molecule has 10 aromatic rings. The largest absolute Gasteiger partial charge is 0.494 e. The Balaban J connectivity index is 0.890. The third-order valence-electron chi connectivity index (χ3n) is 18.5. The number of rotatable bonds is 30. The van der Waals surface area contributed by atoms with Crippen LogP contribution in [0.3, 0.4) is 0 Å². The first kappa shape index (κ1) is 63.5. The number of carbonyl (C=O) groups excluding carboxylic acids is 2. The van der Waals surface area contributed by atoms with E-state index in [0.29, 0.717) is 45.1 Å². The zero-order valence-electron chi connectivity index (χ0n) is 54.7. The van der Waals surface area contributed by atoms with Crippen LogP contribution in [-0.4, -0.2) is 75.4 Å². The number of carbonyl (C=O) groups is 2. The number of aromatic nitrogens is 2. The zero-order chi connectivity index (χ0) is 63.7. The summed E-state index contributed by atoms with van der Waals surface area (Å²) in [4.78, 5) is 33.0. The van der Waals surface area contributed by atoms with Crippen LogP contribution in [0, 0.1) is 0 Å². The van der Waals surface area contributed by atoms with E-state index in [1.54, 1.807) is 9.80 Å². The van der Waals surface area contributed by atoms with Crippen molar-refractivity contribution in [2.75, 3.05) is 39.5 Å². The second kappa shape index (κ2) is 29.3. The van der Waals surface area contributed by atoms with Gasteiger partial charge in [0.2, 0.25) is 0 Å². The predicted octanol–water partition coefficient (Wildman–Crippen LogP) is 20.8. The minimum absolute atomic E-state index is 0.130. The number of ether oxygens (including phenoxy) is 4. The van der Waals surface area contributed by atoms with Crippen molar-refractivity contribution in [2.24, 2.45) is 0 Å². The Morgan fingerprint density at radius 3 is 0.913 bits per heavy atom. The van der Waals surface area contributed by atoms with E-state index in [2.05, 4.69) is 195 Å². The Labute approximate surface area is 548 Å². The van der Waals surface area contributed by atoms with E-state index in [9.17, 15) is 9.59 Å². The molecule has 1 saturated heterocycles. The van der Waals surface area contributed by atoms with Crippen molar-refractivity contribution in [3.8, 4) is 67.8 Å². The lowest BCUT2D eigenvalue weighted by Crippen LogP contribution is -2.56. The molecule has 0 unspecified atom stereocenters. The number of amides is 2. The molecular formula is C81H88N4O6S. The normalized spacial score (nSPS) is 13.2. The number of fused-ring (bicyclic) bond motifs is 9. The van der Waals surface area contributed by atoms with Crippen LogP contribution in [0.15, 0.2) is 163 Å². The van der Waals surface area contributed by atoms with E-state index in [1.807, 2.05) is 13.8 Å². The van der Waals surface area contributed by atoms with E-state index in [0.717, 1.165) is 174 Å². The summed E-state index contributed by atoms with van der Waals surface area (Å²) in [5, 5.41) is 4.69. The molecule has 2 amide bonds. The van der Waals surface area contributed by atoms with Crippen LogP contribution in [0.2, 0.25) is 0 Å². The standard InChI is InChI=1S/C81H88N4O6S/c1-7-13-17-21-45-88-61-35-41-73-67(51-61)68-52-62(89-46-22-18-14-8-2)36-42-74(68)84(73)59-31-25-55(26-32-59)57-29-39-65-66-40-30-58(50-72(66)77(71(65)49-57)78-79(86)82(11-5)81(92)83(12-6)80(78)87)56-27-33-60(34-28-56)85-75-43-37-63(90-47-23-19-15-9-3)53-69(75)70-54-64(38-44-76(70)85)91-48-24-20-16-10-4/h25-44,49-54H,7-24,45-48H2,1-6H3. The molecule has 2 aromatic heterocycles. The van der Waals surface area contributed by atoms with Gasteiger partial charge in [-0.2, -0.15) is 0 Å². The minimum Gasteiger partial charge on any atom is -0.494 e. The number of hydrogen-bond donors (Lipinski definition) is 0. The highest BCUT2D eigenvalue weighted by Gasteiger charge is 2.42. The fourth-order valence-corrected chi connectivity index (χ4v) is 14.0. The number of thiocarbonyl (C=S) groups is 1. The van der Waals surface area contributed by atoms with Crippen LogP contribution in [0.4, 0.5) is 0 Å². The van der Waals surface area contributed by atoms with Gasteiger partial charge >= 0.3 is 0 Å². The van der Waals surface area contributed by atoms with Crippen LogP contribution < -0.4 is 18.9 Å². The Morgan fingerprint density at radius 2 is 0.620 bits per heavy atom. The zero-order valence-corrected chi connectivity index (χ0v) is 55.5. The summed E-state index contributed by atoms with van der Waals surface area (Å²) in [6.07, 6.45) is 18.4. The molecule has 474 valence electrons. The summed E-state index contributed by atoms with van der Waals surface area (Å²) < 4.78 is 30.1. The summed E-state index contributed by atoms with van der Waals surface area (Å²) in [7, 11) is 0. The second-order valence-electron chi connectivity index (χ2n) is 24.8. The third-order valence-corrected chi connectivity index (χ3v) is 19.0. The van der Waals surface area contributed by atoms with Gasteiger partial charge in [-0.25, -0.2) is 0 Å². The van der Waals surface area contributed by atoms with Gasteiger partial charge in [-0.15, -0.1) is 0 Å². The summed E-state index contributed by atoms with van der Waals surface area (Å²) in [5.74, 6) is 2.72. The molecule has 0 bridgehead atoms. The average molecular weight is 1250 g/mol. The van der Waals surface area contributed by atoms with Gasteiger partial charge in [0.05, 0.1) is 48.5 Å². The highest BCUT2D eigenvalue weighted by Crippen LogP contribution is 2.50. The molecule has 1 fully saturated rings. The number of hydrogen-bond acceptors (Lipinski definition) is 7. The topological polar surface area (TPSA) is 87.4 Å². The highest BCUT2D eigenvalue weighted by atomic mass is 32.1. The summed E-state index contributed by atoms with van der Waals surface area (Å²) in [5.41, 5.74) is 14.7.